The molecule has 7 heteroatoms. The van der Waals surface area contributed by atoms with Gasteiger partial charge in [0.2, 0.25) is 0 Å². The van der Waals surface area contributed by atoms with E-state index >= 15 is 0 Å². The minimum atomic E-state index is 0.709. The normalized spacial score (nSPS) is 12.2. The first-order valence-electron chi connectivity index (χ1n) is 33.9. The number of para-hydroxylation sites is 6. The van der Waals surface area contributed by atoms with Crippen molar-refractivity contribution in [2.45, 2.75) is 0 Å². The Morgan fingerprint density at radius 2 is 0.586 bits per heavy atom. The molecule has 99 heavy (non-hydrogen) atoms. The van der Waals surface area contributed by atoms with E-state index in [0.29, 0.717) is 5.82 Å². The lowest BCUT2D eigenvalue weighted by Crippen LogP contribution is -1.98. The average molecular weight is 1280 g/mol. The Morgan fingerprint density at radius 3 is 1.07 bits per heavy atom. The van der Waals surface area contributed by atoms with Crippen molar-refractivity contribution in [3.05, 3.63) is 328 Å². The highest BCUT2D eigenvalue weighted by atomic mass is 32.1. The topological polar surface area (TPSA) is 45.5 Å². The van der Waals surface area contributed by atoms with Gasteiger partial charge in [-0.25, -0.2) is 9.97 Å². The number of fused-ring (bicyclic) bond motifs is 18. The molecule has 0 unspecified atom stereocenters. The number of aromatic nitrogens is 6. The molecular formula is C92H54N6S. The molecular weight excluding hydrogens is 1220 g/mol. The van der Waals surface area contributed by atoms with Crippen molar-refractivity contribution in [2.24, 2.45) is 0 Å². The molecule has 6 heterocycles. The van der Waals surface area contributed by atoms with E-state index in [0.717, 1.165) is 67.4 Å². The minimum absolute atomic E-state index is 0.709. The molecule has 6 nitrogen and oxygen atoms in total. The van der Waals surface area contributed by atoms with Gasteiger partial charge in [0.25, 0.3) is 0 Å². The van der Waals surface area contributed by atoms with Gasteiger partial charge in [0.1, 0.15) is 0 Å². The Morgan fingerprint density at radius 1 is 0.222 bits per heavy atom. The van der Waals surface area contributed by atoms with Gasteiger partial charge in [-0.15, -0.1) is 11.3 Å². The molecule has 6 aromatic heterocycles. The molecule has 0 saturated heterocycles. The van der Waals surface area contributed by atoms with E-state index in [1.807, 2.05) is 11.3 Å². The van der Waals surface area contributed by atoms with Crippen molar-refractivity contribution in [1.29, 1.82) is 0 Å². The van der Waals surface area contributed by atoms with Crippen LogP contribution in [0.15, 0.2) is 328 Å². The summed E-state index contributed by atoms with van der Waals surface area (Å²) in [7, 11) is 0. The van der Waals surface area contributed by atoms with E-state index in [1.165, 1.54) is 135 Å². The molecule has 1 aliphatic rings. The molecule has 0 fully saturated rings. The maximum atomic E-state index is 5.65. The van der Waals surface area contributed by atoms with Crippen LogP contribution in [0.1, 0.15) is 0 Å². The van der Waals surface area contributed by atoms with Gasteiger partial charge in [-0.3, -0.25) is 0 Å². The first-order valence-corrected chi connectivity index (χ1v) is 34.7. The highest BCUT2D eigenvalue weighted by molar-refractivity contribution is 7.25. The van der Waals surface area contributed by atoms with Gasteiger partial charge < -0.3 is 18.3 Å². The van der Waals surface area contributed by atoms with E-state index in [1.54, 1.807) is 0 Å². The van der Waals surface area contributed by atoms with Crippen LogP contribution in [0.4, 0.5) is 0 Å². The molecule has 0 radical (unpaired) electrons. The fraction of sp³-hybridized carbons (Fsp3) is 0. The highest BCUT2D eigenvalue weighted by Gasteiger charge is 2.29. The predicted octanol–water partition coefficient (Wildman–Crippen LogP) is 24.7. The Hall–Kier alpha value is -12.9. The predicted molar refractivity (Wildman–Crippen MR) is 416 cm³/mol. The summed E-state index contributed by atoms with van der Waals surface area (Å²) in [5.41, 5.74) is 26.1. The van der Waals surface area contributed by atoms with Crippen LogP contribution in [0.2, 0.25) is 0 Å². The van der Waals surface area contributed by atoms with E-state index in [-0.39, 0.29) is 0 Å². The quantitative estimate of drug-likeness (QED) is 0.152. The third kappa shape index (κ3) is 7.99. The van der Waals surface area contributed by atoms with Crippen LogP contribution in [0.25, 0.3) is 208 Å². The summed E-state index contributed by atoms with van der Waals surface area (Å²) in [5.74, 6) is 0.709. The Bertz CT molecular complexity index is 7020. The number of rotatable bonds is 8. The molecule has 458 valence electrons. The van der Waals surface area contributed by atoms with Gasteiger partial charge in [-0.1, -0.05) is 200 Å². The zero-order valence-electron chi connectivity index (χ0n) is 53.3. The minimum Gasteiger partial charge on any atom is -0.309 e. The highest BCUT2D eigenvalue weighted by Crippen LogP contribution is 2.51. The summed E-state index contributed by atoms with van der Waals surface area (Å²) in [6.45, 7) is 0. The van der Waals surface area contributed by atoms with E-state index < -0.39 is 0 Å². The van der Waals surface area contributed by atoms with Crippen molar-refractivity contribution in [2.75, 3.05) is 0 Å². The molecule has 21 aromatic rings. The number of thiophene rings is 1. The summed E-state index contributed by atoms with van der Waals surface area (Å²) >= 11 is 1.83. The van der Waals surface area contributed by atoms with E-state index in [4.69, 9.17) is 9.97 Å². The third-order valence-corrected chi connectivity index (χ3v) is 22.2. The molecule has 0 aliphatic heterocycles. The summed E-state index contributed by atoms with van der Waals surface area (Å²) < 4.78 is 12.0. The summed E-state index contributed by atoms with van der Waals surface area (Å²) in [4.78, 5) is 11.2. The van der Waals surface area contributed by atoms with Crippen LogP contribution >= 0.6 is 11.3 Å². The lowest BCUT2D eigenvalue weighted by molar-refractivity contribution is 1.17. The molecule has 0 bridgehead atoms. The summed E-state index contributed by atoms with van der Waals surface area (Å²) in [6, 6.07) is 121. The summed E-state index contributed by atoms with van der Waals surface area (Å²) in [6.07, 6.45) is 0. The lowest BCUT2D eigenvalue weighted by atomic mass is 9.99. The maximum Gasteiger partial charge on any atom is 0.160 e. The van der Waals surface area contributed by atoms with E-state index in [9.17, 15) is 0 Å². The number of benzene rings is 15. The Kier molecular flexibility index (Phi) is 11.4. The van der Waals surface area contributed by atoms with E-state index in [2.05, 4.69) is 346 Å². The van der Waals surface area contributed by atoms with Crippen LogP contribution in [0, 0.1) is 0 Å². The van der Waals surface area contributed by atoms with Crippen LogP contribution in [-0.2, 0) is 0 Å². The standard InChI is InChI=1S/C92H54N6S/c1-3-19-62(20-4-1)95-78-29-11-7-23-66(78)74-49-57(36-45-82(74)95)59-38-47-84-76(51-59)68-25-9-13-31-80(68)97(84)64-40-33-56(34-41-64)90-89-72-27-15-17-55-18-16-28-73(88(55)72)91(89)94-92(93-90)61-35-43-70-71-44-42-65(54-87(71)99-86(70)53-61)98-81-32-14-10-26-69(81)77-52-60(39-48-85(77)98)58-37-46-83-75(50-58)67-24-8-12-30-79(67)96(83)63-21-5-2-6-22-63/h1-54H. The zero-order chi connectivity index (χ0) is 64.6. The Labute approximate surface area is 571 Å². The third-order valence-electron chi connectivity index (χ3n) is 21.1. The number of hydrogen-bond acceptors (Lipinski definition) is 3. The average Bonchev–Trinajstić information content (AvgIpc) is 1.58. The Balaban J connectivity index is 0.625. The van der Waals surface area contributed by atoms with Crippen LogP contribution in [0.5, 0.6) is 0 Å². The first-order chi connectivity index (χ1) is 49.1. The SMILES string of the molecule is c1ccc(-n2c3ccccc3c3cc(-c4ccc5c(c4)c4ccccc4n5-c4ccc(-c5nc(-c6ccc7c(c6)sc6cc(-n8c9ccccc9c9cc(-c%10ccc%11c(c%10)c%10ccccc%10n%11-c%10ccccc%10)ccc98)ccc67)nc6c5-c5cccc7cccc-6c57)cc4)ccc32)cc1. The summed E-state index contributed by atoms with van der Waals surface area (Å²) in [5, 5.41) is 14.8. The van der Waals surface area contributed by atoms with Gasteiger partial charge in [0.05, 0.1) is 55.5 Å². The molecule has 1 aliphatic carbocycles. The van der Waals surface area contributed by atoms with Crippen molar-refractivity contribution in [3.8, 4) is 90.0 Å². The van der Waals surface area contributed by atoms with Crippen molar-refractivity contribution in [3.63, 3.8) is 0 Å². The van der Waals surface area contributed by atoms with Crippen LogP contribution < -0.4 is 0 Å². The van der Waals surface area contributed by atoms with Crippen LogP contribution in [0.3, 0.4) is 0 Å². The van der Waals surface area contributed by atoms with Crippen molar-refractivity contribution < 1.29 is 0 Å². The van der Waals surface area contributed by atoms with Gasteiger partial charge in [-0.05, 0) is 166 Å². The lowest BCUT2D eigenvalue weighted by Gasteiger charge is -2.14. The zero-order valence-corrected chi connectivity index (χ0v) is 54.1. The second kappa shape index (κ2) is 20.8. The fourth-order valence-electron chi connectivity index (χ4n) is 16.7. The maximum absolute atomic E-state index is 5.65. The first kappa shape index (κ1) is 54.3. The van der Waals surface area contributed by atoms with Crippen molar-refractivity contribution in [1.82, 2.24) is 28.2 Å². The van der Waals surface area contributed by atoms with Crippen LogP contribution in [-0.4, -0.2) is 28.2 Å². The smallest absolute Gasteiger partial charge is 0.160 e. The number of hydrogen-bond donors (Lipinski definition) is 0. The largest absolute Gasteiger partial charge is 0.309 e. The molecule has 15 aromatic carbocycles. The molecule has 0 N–H and O–H groups in total. The molecule has 22 rings (SSSR count). The monoisotopic (exact) mass is 1270 g/mol. The van der Waals surface area contributed by atoms with Gasteiger partial charge in [0, 0.05) is 108 Å². The van der Waals surface area contributed by atoms with Gasteiger partial charge in [-0.2, -0.15) is 0 Å². The van der Waals surface area contributed by atoms with Gasteiger partial charge in [0.15, 0.2) is 5.82 Å². The second-order valence-electron chi connectivity index (χ2n) is 26.4. The van der Waals surface area contributed by atoms with Gasteiger partial charge >= 0.3 is 0 Å². The molecule has 0 saturated carbocycles. The molecule has 0 amide bonds. The second-order valence-corrected chi connectivity index (χ2v) is 27.5. The number of nitrogens with zero attached hydrogens (tertiary/aromatic N) is 6. The van der Waals surface area contributed by atoms with Crippen molar-refractivity contribution >= 4 is 130 Å². The fourth-order valence-corrected chi connectivity index (χ4v) is 17.9. The molecule has 0 atom stereocenters. The molecule has 0 spiro atoms.